The van der Waals surface area contributed by atoms with Gasteiger partial charge in [0.25, 0.3) is 5.69 Å². The summed E-state index contributed by atoms with van der Waals surface area (Å²) in [4.78, 5) is 15.1. The zero-order valence-corrected chi connectivity index (χ0v) is 13.3. The Labute approximate surface area is 134 Å². The second kappa shape index (κ2) is 6.40. The SMILES string of the molecule is Cc1ccc(Sc2cc(N3CCCC3)cc([N+](=O)[O-])c2)cc1. The first-order valence-electron chi connectivity index (χ1n) is 7.41. The predicted octanol–water partition coefficient (Wildman–Crippen LogP) is 4.65. The summed E-state index contributed by atoms with van der Waals surface area (Å²) in [5.41, 5.74) is 2.33. The number of benzene rings is 2. The van der Waals surface area contributed by atoms with Crippen LogP contribution in [-0.2, 0) is 0 Å². The fourth-order valence-electron chi connectivity index (χ4n) is 2.63. The third-order valence-electron chi connectivity index (χ3n) is 3.81. The molecule has 0 bridgehead atoms. The highest BCUT2D eigenvalue weighted by atomic mass is 32.2. The number of hydrogen-bond donors (Lipinski definition) is 0. The van der Waals surface area contributed by atoms with E-state index in [-0.39, 0.29) is 10.6 Å². The standard InChI is InChI=1S/C17H18N2O2S/c1-13-4-6-16(7-5-13)22-17-11-14(18-8-2-3-9-18)10-15(12-17)19(20)21/h4-7,10-12H,2-3,8-9H2,1H3. The number of nitro groups is 1. The average Bonchev–Trinajstić information content (AvgIpc) is 3.04. The Kier molecular flexibility index (Phi) is 4.34. The second-order valence-corrected chi connectivity index (χ2v) is 6.70. The molecule has 1 heterocycles. The lowest BCUT2D eigenvalue weighted by Gasteiger charge is -2.18. The van der Waals surface area contributed by atoms with Crippen molar-refractivity contribution < 1.29 is 4.92 Å². The zero-order valence-electron chi connectivity index (χ0n) is 12.5. The maximum Gasteiger partial charge on any atom is 0.272 e. The molecule has 0 amide bonds. The molecule has 1 saturated heterocycles. The molecular formula is C17H18N2O2S. The smallest absolute Gasteiger partial charge is 0.272 e. The first kappa shape index (κ1) is 14.9. The Bertz CT molecular complexity index is 680. The van der Waals surface area contributed by atoms with Gasteiger partial charge < -0.3 is 4.90 Å². The number of aryl methyl sites for hydroxylation is 1. The molecule has 0 saturated carbocycles. The molecule has 0 aromatic heterocycles. The molecule has 2 aromatic carbocycles. The van der Waals surface area contributed by atoms with Gasteiger partial charge in [0.2, 0.25) is 0 Å². The van der Waals surface area contributed by atoms with E-state index >= 15 is 0 Å². The zero-order chi connectivity index (χ0) is 15.5. The topological polar surface area (TPSA) is 46.4 Å². The first-order chi connectivity index (χ1) is 10.6. The molecule has 0 radical (unpaired) electrons. The van der Waals surface area contributed by atoms with Crippen molar-refractivity contribution in [1.29, 1.82) is 0 Å². The van der Waals surface area contributed by atoms with Crippen molar-refractivity contribution in [2.75, 3.05) is 18.0 Å². The normalized spacial score (nSPS) is 14.3. The molecule has 0 unspecified atom stereocenters. The van der Waals surface area contributed by atoms with Gasteiger partial charge in [-0.3, -0.25) is 10.1 Å². The van der Waals surface area contributed by atoms with Gasteiger partial charge in [0.15, 0.2) is 0 Å². The molecule has 0 N–H and O–H groups in total. The van der Waals surface area contributed by atoms with Gasteiger partial charge in [-0.05, 0) is 38.0 Å². The van der Waals surface area contributed by atoms with Gasteiger partial charge in [0, 0.05) is 40.7 Å². The number of anilines is 1. The van der Waals surface area contributed by atoms with Gasteiger partial charge in [-0.25, -0.2) is 0 Å². The van der Waals surface area contributed by atoms with Gasteiger partial charge in [0.1, 0.15) is 0 Å². The number of nitro benzene ring substituents is 1. The van der Waals surface area contributed by atoms with Gasteiger partial charge in [-0.1, -0.05) is 29.5 Å². The number of non-ortho nitro benzene ring substituents is 1. The van der Waals surface area contributed by atoms with Crippen LogP contribution in [0.4, 0.5) is 11.4 Å². The predicted molar refractivity (Wildman–Crippen MR) is 89.8 cm³/mol. The molecule has 1 fully saturated rings. The third-order valence-corrected chi connectivity index (χ3v) is 4.79. The van der Waals surface area contributed by atoms with Crippen LogP contribution in [0.2, 0.25) is 0 Å². The van der Waals surface area contributed by atoms with E-state index in [9.17, 15) is 10.1 Å². The lowest BCUT2D eigenvalue weighted by molar-refractivity contribution is -0.385. The van der Waals surface area contributed by atoms with Gasteiger partial charge in [0.05, 0.1) is 4.92 Å². The van der Waals surface area contributed by atoms with Crippen LogP contribution in [0.15, 0.2) is 52.3 Å². The lowest BCUT2D eigenvalue weighted by Crippen LogP contribution is -2.17. The van der Waals surface area contributed by atoms with E-state index in [2.05, 4.69) is 23.1 Å². The number of rotatable bonds is 4. The van der Waals surface area contributed by atoms with Crippen LogP contribution in [0.5, 0.6) is 0 Å². The summed E-state index contributed by atoms with van der Waals surface area (Å²) >= 11 is 1.57. The van der Waals surface area contributed by atoms with E-state index in [1.165, 1.54) is 5.56 Å². The van der Waals surface area contributed by atoms with Gasteiger partial charge in [-0.15, -0.1) is 0 Å². The quantitative estimate of drug-likeness (QED) is 0.608. The summed E-state index contributed by atoms with van der Waals surface area (Å²) in [6.45, 7) is 4.01. The Morgan fingerprint density at radius 3 is 2.36 bits per heavy atom. The van der Waals surface area contributed by atoms with Crippen molar-refractivity contribution in [3.63, 3.8) is 0 Å². The van der Waals surface area contributed by atoms with Crippen LogP contribution in [0, 0.1) is 17.0 Å². The molecule has 22 heavy (non-hydrogen) atoms. The highest BCUT2D eigenvalue weighted by Crippen LogP contribution is 2.35. The van der Waals surface area contributed by atoms with Crippen LogP contribution in [0.3, 0.4) is 0 Å². The Morgan fingerprint density at radius 1 is 1.05 bits per heavy atom. The summed E-state index contributed by atoms with van der Waals surface area (Å²) in [5, 5.41) is 11.2. The Hall–Kier alpha value is -2.01. The minimum Gasteiger partial charge on any atom is -0.371 e. The van der Waals surface area contributed by atoms with Gasteiger partial charge >= 0.3 is 0 Å². The summed E-state index contributed by atoms with van der Waals surface area (Å²) < 4.78 is 0. The summed E-state index contributed by atoms with van der Waals surface area (Å²) in [7, 11) is 0. The Morgan fingerprint density at radius 2 is 1.73 bits per heavy atom. The maximum absolute atomic E-state index is 11.2. The van der Waals surface area contributed by atoms with Crippen molar-refractivity contribution >= 4 is 23.1 Å². The van der Waals surface area contributed by atoms with Crippen molar-refractivity contribution in [3.05, 3.63) is 58.1 Å². The molecule has 2 aromatic rings. The first-order valence-corrected chi connectivity index (χ1v) is 8.22. The van der Waals surface area contributed by atoms with E-state index in [1.807, 2.05) is 19.1 Å². The molecule has 0 aliphatic carbocycles. The van der Waals surface area contributed by atoms with Crippen LogP contribution in [-0.4, -0.2) is 18.0 Å². The second-order valence-electron chi connectivity index (χ2n) is 5.55. The number of nitrogens with zero attached hydrogens (tertiary/aromatic N) is 2. The van der Waals surface area contributed by atoms with Crippen molar-refractivity contribution in [2.24, 2.45) is 0 Å². The molecule has 0 atom stereocenters. The summed E-state index contributed by atoms with van der Waals surface area (Å²) in [6.07, 6.45) is 2.31. The highest BCUT2D eigenvalue weighted by Gasteiger charge is 2.17. The van der Waals surface area contributed by atoms with Crippen molar-refractivity contribution in [1.82, 2.24) is 0 Å². The largest absolute Gasteiger partial charge is 0.371 e. The van der Waals surface area contributed by atoms with Crippen LogP contribution >= 0.6 is 11.8 Å². The lowest BCUT2D eigenvalue weighted by atomic mass is 10.2. The molecule has 1 aliphatic heterocycles. The summed E-state index contributed by atoms with van der Waals surface area (Å²) in [5.74, 6) is 0. The molecule has 1 aliphatic rings. The Balaban J connectivity index is 1.91. The van der Waals surface area contributed by atoms with E-state index in [4.69, 9.17) is 0 Å². The minimum absolute atomic E-state index is 0.166. The van der Waals surface area contributed by atoms with E-state index in [1.54, 1.807) is 23.9 Å². The molecular weight excluding hydrogens is 296 g/mol. The monoisotopic (exact) mass is 314 g/mol. The highest BCUT2D eigenvalue weighted by molar-refractivity contribution is 7.99. The number of hydrogen-bond acceptors (Lipinski definition) is 4. The van der Waals surface area contributed by atoms with E-state index in [0.29, 0.717) is 0 Å². The van der Waals surface area contributed by atoms with Crippen molar-refractivity contribution in [2.45, 2.75) is 29.6 Å². The molecule has 3 rings (SSSR count). The van der Waals surface area contributed by atoms with Crippen LogP contribution in [0.1, 0.15) is 18.4 Å². The average molecular weight is 314 g/mol. The van der Waals surface area contributed by atoms with Crippen LogP contribution in [0.25, 0.3) is 0 Å². The van der Waals surface area contributed by atoms with Crippen molar-refractivity contribution in [3.8, 4) is 0 Å². The maximum atomic E-state index is 11.2. The molecule has 0 spiro atoms. The molecule has 5 heteroatoms. The van der Waals surface area contributed by atoms with E-state index in [0.717, 1.165) is 41.4 Å². The van der Waals surface area contributed by atoms with Crippen LogP contribution < -0.4 is 4.90 Å². The summed E-state index contributed by atoms with van der Waals surface area (Å²) in [6, 6.07) is 13.6. The molecule has 4 nitrogen and oxygen atoms in total. The van der Waals surface area contributed by atoms with Gasteiger partial charge in [-0.2, -0.15) is 0 Å². The fourth-order valence-corrected chi connectivity index (χ4v) is 3.54. The minimum atomic E-state index is -0.307. The van der Waals surface area contributed by atoms with E-state index < -0.39 is 0 Å². The molecule has 114 valence electrons. The fraction of sp³-hybridized carbons (Fsp3) is 0.294. The third kappa shape index (κ3) is 3.42.